The molecule has 12 heteroatoms. The topological polar surface area (TPSA) is 138 Å². The minimum absolute atomic E-state index is 0.173. The standard InChI is InChI=1S/C43H53N9O3/c1-4-37-35(40(48-33-15-21-55-22-16-33)36-27-47-52(5-2)41(36)50-37)26-46-43(54)39-12-7-11-38(49-39)42(53)45-25-30-14-13-29(3)34(24-30)32-10-6-9-31(23-32)28-51-19-8-17-44-18-20-51/h6-7,9-14,23-24,27,33,44H,4-5,8,15-22,25-26,28H2,1-3H3,(H,45,53)(H,46,54)(H,48,50). The Bertz CT molecular complexity index is 2120. The molecule has 0 atom stereocenters. The van der Waals surface area contributed by atoms with Crippen LogP contribution < -0.4 is 21.3 Å². The van der Waals surface area contributed by atoms with E-state index in [9.17, 15) is 9.59 Å². The van der Waals surface area contributed by atoms with E-state index < -0.39 is 0 Å². The van der Waals surface area contributed by atoms with Gasteiger partial charge in [-0.2, -0.15) is 5.10 Å². The van der Waals surface area contributed by atoms with Crippen molar-refractivity contribution in [2.24, 2.45) is 0 Å². The molecule has 2 aromatic carbocycles. The van der Waals surface area contributed by atoms with Gasteiger partial charge < -0.3 is 26.0 Å². The van der Waals surface area contributed by atoms with Gasteiger partial charge in [0.2, 0.25) is 0 Å². The zero-order chi connectivity index (χ0) is 38.1. The smallest absolute Gasteiger partial charge is 0.270 e. The van der Waals surface area contributed by atoms with Crippen LogP contribution in [0.25, 0.3) is 22.2 Å². The Balaban J connectivity index is 1.02. The summed E-state index contributed by atoms with van der Waals surface area (Å²) in [7, 11) is 0. The van der Waals surface area contributed by atoms with Crippen LogP contribution in [0.2, 0.25) is 0 Å². The number of fused-ring (bicyclic) bond motifs is 1. The van der Waals surface area contributed by atoms with Crippen LogP contribution in [0, 0.1) is 6.92 Å². The normalized spacial score (nSPS) is 15.5. The number of rotatable bonds is 13. The monoisotopic (exact) mass is 743 g/mol. The number of pyridine rings is 2. The van der Waals surface area contributed by atoms with E-state index in [2.05, 4.69) is 93.4 Å². The highest BCUT2D eigenvalue weighted by Gasteiger charge is 2.23. The first-order valence-electron chi connectivity index (χ1n) is 19.8. The summed E-state index contributed by atoms with van der Waals surface area (Å²) in [6, 6.07) is 20.3. The molecule has 3 aromatic heterocycles. The van der Waals surface area contributed by atoms with Crippen molar-refractivity contribution >= 4 is 28.5 Å². The fraction of sp³-hybridized carbons (Fsp3) is 0.419. The molecule has 0 spiro atoms. The van der Waals surface area contributed by atoms with E-state index in [-0.39, 0.29) is 35.8 Å². The van der Waals surface area contributed by atoms with Crippen molar-refractivity contribution in [3.8, 4) is 11.1 Å². The van der Waals surface area contributed by atoms with E-state index in [0.717, 1.165) is 91.1 Å². The molecule has 2 fully saturated rings. The Hall–Kier alpha value is -5.17. The molecule has 55 heavy (non-hydrogen) atoms. The van der Waals surface area contributed by atoms with Crippen LogP contribution in [0.3, 0.4) is 0 Å². The SMILES string of the molecule is CCc1nc2c(cnn2CC)c(NC2CCOCC2)c1CNC(=O)c1cccc(C(=O)NCc2ccc(C)c(-c3cccc(CN4CCCNCC4)c3)c2)n1. The lowest BCUT2D eigenvalue weighted by molar-refractivity contribution is 0.0904. The summed E-state index contributed by atoms with van der Waals surface area (Å²) in [4.78, 5) is 38.9. The number of benzene rings is 2. The van der Waals surface area contributed by atoms with Crippen LogP contribution in [0.15, 0.2) is 66.9 Å². The lowest BCUT2D eigenvalue weighted by Crippen LogP contribution is -2.30. The zero-order valence-electron chi connectivity index (χ0n) is 32.3. The quantitative estimate of drug-likeness (QED) is 0.121. The molecule has 2 saturated heterocycles. The largest absolute Gasteiger partial charge is 0.381 e. The molecule has 2 aliphatic rings. The molecule has 0 aliphatic carbocycles. The number of aromatic nitrogens is 4. The number of aryl methyl sites for hydroxylation is 3. The predicted molar refractivity (Wildman–Crippen MR) is 216 cm³/mol. The molecule has 288 valence electrons. The van der Waals surface area contributed by atoms with Gasteiger partial charge in [0.1, 0.15) is 11.4 Å². The van der Waals surface area contributed by atoms with Gasteiger partial charge in [0, 0.05) is 69.8 Å². The summed E-state index contributed by atoms with van der Waals surface area (Å²) >= 11 is 0. The van der Waals surface area contributed by atoms with Gasteiger partial charge >= 0.3 is 0 Å². The lowest BCUT2D eigenvalue weighted by atomic mass is 9.96. The van der Waals surface area contributed by atoms with Gasteiger partial charge in [-0.05, 0) is 105 Å². The molecule has 0 bridgehead atoms. The third-order valence-corrected chi connectivity index (χ3v) is 10.6. The average molecular weight is 744 g/mol. The highest BCUT2D eigenvalue weighted by Crippen LogP contribution is 2.31. The first-order valence-corrected chi connectivity index (χ1v) is 19.8. The first kappa shape index (κ1) is 38.1. The minimum Gasteiger partial charge on any atom is -0.381 e. The number of hydrogen-bond donors (Lipinski definition) is 4. The number of carbonyl (C=O) groups is 2. The van der Waals surface area contributed by atoms with Crippen molar-refractivity contribution in [1.29, 1.82) is 0 Å². The number of amides is 2. The second-order valence-electron chi connectivity index (χ2n) is 14.5. The second-order valence-corrected chi connectivity index (χ2v) is 14.5. The van der Waals surface area contributed by atoms with Crippen molar-refractivity contribution in [1.82, 2.24) is 40.6 Å². The molecule has 0 saturated carbocycles. The van der Waals surface area contributed by atoms with Crippen LogP contribution >= 0.6 is 0 Å². The average Bonchev–Trinajstić information content (AvgIpc) is 3.46. The number of ether oxygens (including phenoxy) is 1. The van der Waals surface area contributed by atoms with E-state index in [1.54, 1.807) is 18.2 Å². The number of anilines is 1. The molecule has 0 radical (unpaired) electrons. The Morgan fingerprint density at radius 3 is 2.45 bits per heavy atom. The van der Waals surface area contributed by atoms with E-state index >= 15 is 0 Å². The molecular weight excluding hydrogens is 691 g/mol. The van der Waals surface area contributed by atoms with Gasteiger partial charge in [-0.15, -0.1) is 0 Å². The third-order valence-electron chi connectivity index (χ3n) is 10.6. The van der Waals surface area contributed by atoms with Gasteiger partial charge in [-0.25, -0.2) is 14.6 Å². The van der Waals surface area contributed by atoms with E-state index in [1.165, 1.54) is 16.7 Å². The molecule has 7 rings (SSSR count). The fourth-order valence-corrected chi connectivity index (χ4v) is 7.57. The van der Waals surface area contributed by atoms with Crippen LogP contribution in [-0.4, -0.2) is 81.9 Å². The molecule has 0 unspecified atom stereocenters. The van der Waals surface area contributed by atoms with Crippen LogP contribution in [0.4, 0.5) is 5.69 Å². The Labute approximate surface area is 323 Å². The molecule has 5 aromatic rings. The molecule has 2 amide bonds. The van der Waals surface area contributed by atoms with Gasteiger partial charge in [0.05, 0.1) is 17.3 Å². The predicted octanol–water partition coefficient (Wildman–Crippen LogP) is 5.63. The summed E-state index contributed by atoms with van der Waals surface area (Å²) in [5.41, 5.74) is 9.74. The maximum Gasteiger partial charge on any atom is 0.270 e. The number of hydrogen-bond acceptors (Lipinski definition) is 9. The van der Waals surface area contributed by atoms with E-state index in [4.69, 9.17) is 9.72 Å². The molecule has 12 nitrogen and oxygen atoms in total. The highest BCUT2D eigenvalue weighted by molar-refractivity contribution is 5.97. The molecule has 2 aliphatic heterocycles. The Kier molecular flexibility index (Phi) is 12.5. The molecule has 4 N–H and O–H groups in total. The van der Waals surface area contributed by atoms with Gasteiger partial charge in [0.15, 0.2) is 5.65 Å². The summed E-state index contributed by atoms with van der Waals surface area (Å²) in [6.07, 6.45) is 5.51. The Morgan fingerprint density at radius 1 is 0.891 bits per heavy atom. The van der Waals surface area contributed by atoms with Crippen LogP contribution in [0.5, 0.6) is 0 Å². The summed E-state index contributed by atoms with van der Waals surface area (Å²) in [5.74, 6) is -0.708. The van der Waals surface area contributed by atoms with E-state index in [0.29, 0.717) is 32.7 Å². The van der Waals surface area contributed by atoms with Crippen molar-refractivity contribution in [3.63, 3.8) is 0 Å². The van der Waals surface area contributed by atoms with Crippen molar-refractivity contribution in [2.75, 3.05) is 44.7 Å². The van der Waals surface area contributed by atoms with Crippen molar-refractivity contribution in [3.05, 3.63) is 106 Å². The highest BCUT2D eigenvalue weighted by atomic mass is 16.5. The molecular formula is C43H53N9O3. The maximum atomic E-state index is 13.6. The number of nitrogens with zero attached hydrogens (tertiary/aromatic N) is 5. The van der Waals surface area contributed by atoms with Crippen LogP contribution in [0.1, 0.15) is 82.0 Å². The molecule has 5 heterocycles. The van der Waals surface area contributed by atoms with E-state index in [1.807, 2.05) is 16.9 Å². The summed E-state index contributed by atoms with van der Waals surface area (Å²) in [6.45, 7) is 14.1. The third kappa shape index (κ3) is 9.21. The zero-order valence-corrected chi connectivity index (χ0v) is 32.3. The second kappa shape index (κ2) is 18.0. The van der Waals surface area contributed by atoms with Crippen LogP contribution in [-0.2, 0) is 37.3 Å². The minimum atomic E-state index is -0.365. The summed E-state index contributed by atoms with van der Waals surface area (Å²) in [5, 5.41) is 18.8. The van der Waals surface area contributed by atoms with Crippen molar-refractivity contribution < 1.29 is 14.3 Å². The summed E-state index contributed by atoms with van der Waals surface area (Å²) < 4.78 is 7.50. The fourth-order valence-electron chi connectivity index (χ4n) is 7.57. The number of carbonyl (C=O) groups excluding carboxylic acids is 2. The Morgan fingerprint density at radius 2 is 1.67 bits per heavy atom. The van der Waals surface area contributed by atoms with Crippen molar-refractivity contribution in [2.45, 2.75) is 78.7 Å². The first-order chi connectivity index (χ1) is 26.9. The maximum absolute atomic E-state index is 13.6. The van der Waals surface area contributed by atoms with Gasteiger partial charge in [0.25, 0.3) is 11.8 Å². The number of nitrogens with one attached hydrogen (secondary N) is 4. The lowest BCUT2D eigenvalue weighted by Gasteiger charge is -2.26. The van der Waals surface area contributed by atoms with Gasteiger partial charge in [-0.3, -0.25) is 14.5 Å². The van der Waals surface area contributed by atoms with Gasteiger partial charge in [-0.1, -0.05) is 43.3 Å².